The topological polar surface area (TPSA) is 64.3 Å². The molecule has 0 aromatic carbocycles. The molecule has 4 nitrogen and oxygen atoms in total. The molecule has 0 atom stereocenters. The molecule has 1 heterocycles. The van der Waals surface area contributed by atoms with Crippen LogP contribution in [0.5, 0.6) is 0 Å². The molecular weight excluding hydrogens is 268 g/mol. The van der Waals surface area contributed by atoms with Crippen molar-refractivity contribution in [3.63, 3.8) is 0 Å². The third-order valence-electron chi connectivity index (χ3n) is 2.80. The summed E-state index contributed by atoms with van der Waals surface area (Å²) in [4.78, 5) is 13.0. The molecule has 0 amide bonds. The summed E-state index contributed by atoms with van der Waals surface area (Å²) < 4.78 is 4.74. The zero-order chi connectivity index (χ0) is 13.7. The van der Waals surface area contributed by atoms with Crippen molar-refractivity contribution in [1.82, 2.24) is 0 Å². The minimum Gasteiger partial charge on any atom is -0.465 e. The fourth-order valence-corrected chi connectivity index (χ4v) is 3.67. The fourth-order valence-electron chi connectivity index (χ4n) is 1.65. The molecule has 0 bridgehead atoms. The van der Waals surface area contributed by atoms with Crippen molar-refractivity contribution in [2.75, 3.05) is 24.4 Å². The van der Waals surface area contributed by atoms with Crippen LogP contribution >= 0.6 is 23.1 Å². The maximum Gasteiger partial charge on any atom is 0.350 e. The number of rotatable bonds is 6. The van der Waals surface area contributed by atoms with Crippen LogP contribution < -0.4 is 11.1 Å². The summed E-state index contributed by atoms with van der Waals surface area (Å²) in [7, 11) is 1.37. The van der Waals surface area contributed by atoms with Gasteiger partial charge in [0.25, 0.3) is 0 Å². The number of carbonyl (C=O) groups excluding carboxylic acids is 1. The Hall–Kier alpha value is -0.880. The summed E-state index contributed by atoms with van der Waals surface area (Å²) >= 11 is 2.92. The smallest absolute Gasteiger partial charge is 0.350 e. The molecule has 0 unspecified atom stereocenters. The summed E-state index contributed by atoms with van der Waals surface area (Å²) in [6.07, 6.45) is 4.03. The van der Waals surface area contributed by atoms with Gasteiger partial charge in [0.2, 0.25) is 0 Å². The first kappa shape index (κ1) is 15.2. The van der Waals surface area contributed by atoms with E-state index in [1.54, 1.807) is 11.8 Å². The second kappa shape index (κ2) is 6.89. The predicted octanol–water partition coefficient (Wildman–Crippen LogP) is 3.44. The standard InChI is InChI=1S/C12H20N2O2S2/c1-5-7(6-2)14-11-9(17-4)8(13)10(18-11)12(15)16-3/h7,14H,5-6,13H2,1-4H3. The zero-order valence-corrected chi connectivity index (χ0v) is 12.8. The highest BCUT2D eigenvalue weighted by Gasteiger charge is 2.22. The van der Waals surface area contributed by atoms with Gasteiger partial charge < -0.3 is 15.8 Å². The van der Waals surface area contributed by atoms with Crippen LogP contribution in [0, 0.1) is 0 Å². The van der Waals surface area contributed by atoms with E-state index in [2.05, 4.69) is 19.2 Å². The second-order valence-corrected chi connectivity index (χ2v) is 5.69. The number of hydrogen-bond acceptors (Lipinski definition) is 6. The van der Waals surface area contributed by atoms with Crippen molar-refractivity contribution in [2.24, 2.45) is 0 Å². The number of esters is 1. The Morgan fingerprint density at radius 2 is 2.11 bits per heavy atom. The average Bonchev–Trinajstić information content (AvgIpc) is 2.71. The Labute approximate surface area is 116 Å². The Bertz CT molecular complexity index is 414. The number of carbonyl (C=O) groups is 1. The van der Waals surface area contributed by atoms with Crippen LogP contribution in [0.2, 0.25) is 0 Å². The lowest BCUT2D eigenvalue weighted by molar-refractivity contribution is 0.0607. The molecule has 0 saturated heterocycles. The quantitative estimate of drug-likeness (QED) is 0.620. The van der Waals surface area contributed by atoms with Gasteiger partial charge in [0, 0.05) is 6.04 Å². The van der Waals surface area contributed by atoms with Crippen molar-refractivity contribution in [3.05, 3.63) is 4.88 Å². The molecule has 1 aromatic heterocycles. The molecule has 0 aliphatic heterocycles. The lowest BCUT2D eigenvalue weighted by Gasteiger charge is -2.15. The van der Waals surface area contributed by atoms with Crippen molar-refractivity contribution in [1.29, 1.82) is 0 Å². The number of ether oxygens (including phenoxy) is 1. The largest absolute Gasteiger partial charge is 0.465 e. The molecule has 0 saturated carbocycles. The van der Waals surface area contributed by atoms with E-state index in [4.69, 9.17) is 10.5 Å². The molecule has 1 aromatic rings. The number of methoxy groups -OCH3 is 1. The van der Waals surface area contributed by atoms with Crippen molar-refractivity contribution >= 4 is 39.8 Å². The van der Waals surface area contributed by atoms with Crippen LogP contribution in [0.15, 0.2) is 4.90 Å². The molecule has 1 rings (SSSR count). The number of thiophene rings is 1. The molecular formula is C12H20N2O2S2. The highest BCUT2D eigenvalue weighted by Crippen LogP contribution is 2.42. The van der Waals surface area contributed by atoms with E-state index in [1.165, 1.54) is 18.4 Å². The SMILES string of the molecule is CCC(CC)Nc1sc(C(=O)OC)c(N)c1SC. The van der Waals surface area contributed by atoms with E-state index in [9.17, 15) is 4.79 Å². The van der Waals surface area contributed by atoms with E-state index >= 15 is 0 Å². The maximum absolute atomic E-state index is 11.6. The first-order valence-corrected chi connectivity index (χ1v) is 7.94. The Kier molecular flexibility index (Phi) is 5.81. The average molecular weight is 288 g/mol. The van der Waals surface area contributed by atoms with Crippen molar-refractivity contribution < 1.29 is 9.53 Å². The predicted molar refractivity (Wildman–Crippen MR) is 79.8 cm³/mol. The van der Waals surface area contributed by atoms with Gasteiger partial charge in [0.1, 0.15) is 9.88 Å². The Morgan fingerprint density at radius 3 is 2.56 bits per heavy atom. The van der Waals surface area contributed by atoms with E-state index in [1.807, 2.05) is 6.26 Å². The monoisotopic (exact) mass is 288 g/mol. The maximum atomic E-state index is 11.6. The van der Waals surface area contributed by atoms with E-state index < -0.39 is 0 Å². The number of anilines is 2. The van der Waals surface area contributed by atoms with Crippen LogP contribution in [-0.2, 0) is 4.74 Å². The first-order valence-electron chi connectivity index (χ1n) is 5.90. The van der Waals surface area contributed by atoms with Crippen molar-refractivity contribution in [3.8, 4) is 0 Å². The minimum atomic E-state index is -0.370. The molecule has 3 N–H and O–H groups in total. The second-order valence-electron chi connectivity index (χ2n) is 3.86. The molecule has 18 heavy (non-hydrogen) atoms. The molecule has 0 fully saturated rings. The normalized spacial score (nSPS) is 10.7. The van der Waals surface area contributed by atoms with Gasteiger partial charge in [-0.3, -0.25) is 0 Å². The molecule has 0 aliphatic carbocycles. The number of nitrogen functional groups attached to an aromatic ring is 1. The van der Waals surface area contributed by atoms with Crippen LogP contribution in [0.1, 0.15) is 36.4 Å². The molecule has 102 valence electrons. The van der Waals surface area contributed by atoms with E-state index in [0.717, 1.165) is 22.7 Å². The van der Waals surface area contributed by atoms with Crippen LogP contribution in [-0.4, -0.2) is 25.4 Å². The minimum absolute atomic E-state index is 0.370. The number of hydrogen-bond donors (Lipinski definition) is 2. The number of thioether (sulfide) groups is 1. The van der Waals surface area contributed by atoms with Crippen molar-refractivity contribution in [2.45, 2.75) is 37.6 Å². The Morgan fingerprint density at radius 1 is 1.50 bits per heavy atom. The summed E-state index contributed by atoms with van der Waals surface area (Å²) in [5.74, 6) is -0.370. The number of nitrogens with two attached hydrogens (primary N) is 1. The van der Waals surface area contributed by atoms with Gasteiger partial charge >= 0.3 is 5.97 Å². The summed E-state index contributed by atoms with van der Waals surface area (Å²) in [6.45, 7) is 4.27. The fraction of sp³-hybridized carbons (Fsp3) is 0.583. The van der Waals surface area contributed by atoms with E-state index in [0.29, 0.717) is 16.6 Å². The summed E-state index contributed by atoms with van der Waals surface area (Å²) in [6, 6.07) is 0.402. The first-order chi connectivity index (χ1) is 8.58. The van der Waals surface area contributed by atoms with Gasteiger partial charge in [-0.2, -0.15) is 0 Å². The van der Waals surface area contributed by atoms with Crippen LogP contribution in [0.3, 0.4) is 0 Å². The third-order valence-corrected chi connectivity index (χ3v) is 4.87. The zero-order valence-electron chi connectivity index (χ0n) is 11.2. The Balaban J connectivity index is 3.07. The lowest BCUT2D eigenvalue weighted by Crippen LogP contribution is -2.16. The van der Waals surface area contributed by atoms with Gasteiger partial charge in [0.15, 0.2) is 0 Å². The van der Waals surface area contributed by atoms with Gasteiger partial charge in [-0.05, 0) is 19.1 Å². The van der Waals surface area contributed by atoms with Gasteiger partial charge in [-0.25, -0.2) is 4.79 Å². The summed E-state index contributed by atoms with van der Waals surface area (Å²) in [5, 5.41) is 4.41. The molecule has 0 radical (unpaired) electrons. The molecule has 0 aliphatic rings. The molecule has 6 heteroatoms. The third kappa shape index (κ3) is 3.11. The van der Waals surface area contributed by atoms with E-state index in [-0.39, 0.29) is 5.97 Å². The molecule has 0 spiro atoms. The highest BCUT2D eigenvalue weighted by atomic mass is 32.2. The number of nitrogens with one attached hydrogen (secondary N) is 1. The van der Waals surface area contributed by atoms with Crippen LogP contribution in [0.4, 0.5) is 10.7 Å². The van der Waals surface area contributed by atoms with Gasteiger partial charge in [-0.15, -0.1) is 23.1 Å². The van der Waals surface area contributed by atoms with Crippen LogP contribution in [0.25, 0.3) is 0 Å². The highest BCUT2D eigenvalue weighted by molar-refractivity contribution is 7.99. The van der Waals surface area contributed by atoms with Gasteiger partial charge in [0.05, 0.1) is 17.7 Å². The van der Waals surface area contributed by atoms with Gasteiger partial charge in [-0.1, -0.05) is 13.8 Å². The summed E-state index contributed by atoms with van der Waals surface area (Å²) in [5.41, 5.74) is 6.52. The lowest BCUT2D eigenvalue weighted by atomic mass is 10.2.